The van der Waals surface area contributed by atoms with Crippen LogP contribution >= 0.6 is 27.5 Å². The van der Waals surface area contributed by atoms with E-state index in [0.717, 1.165) is 10.0 Å². The zero-order valence-electron chi connectivity index (χ0n) is 14.0. The van der Waals surface area contributed by atoms with Gasteiger partial charge in [0.25, 0.3) is 5.91 Å². The maximum Gasteiger partial charge on any atom is 0.266 e. The van der Waals surface area contributed by atoms with Crippen LogP contribution in [0.1, 0.15) is 12.5 Å². The van der Waals surface area contributed by atoms with Crippen molar-refractivity contribution >= 4 is 39.3 Å². The number of carbonyl (C=O) groups excluding carboxylic acids is 1. The summed E-state index contributed by atoms with van der Waals surface area (Å²) in [5.74, 6) is 0.954. The summed E-state index contributed by atoms with van der Waals surface area (Å²) in [5.41, 5.74) is 0.924. The average molecular weight is 435 g/mol. The summed E-state index contributed by atoms with van der Waals surface area (Å²) in [5, 5.41) is 7.76. The number of hydrogen-bond donors (Lipinski definition) is 1. The van der Waals surface area contributed by atoms with Gasteiger partial charge in [-0.1, -0.05) is 45.7 Å². The molecule has 7 heteroatoms. The zero-order valence-corrected chi connectivity index (χ0v) is 16.4. The molecule has 134 valence electrons. The van der Waals surface area contributed by atoms with Crippen LogP contribution < -0.4 is 10.1 Å². The first kappa shape index (κ1) is 18.5. The predicted octanol–water partition coefficient (Wildman–Crippen LogP) is 4.75. The lowest BCUT2D eigenvalue weighted by Crippen LogP contribution is -2.31. The van der Waals surface area contributed by atoms with Crippen molar-refractivity contribution in [3.05, 3.63) is 75.9 Å². The Bertz CT molecular complexity index is 896. The molecule has 0 aliphatic heterocycles. The Kier molecular flexibility index (Phi) is 5.96. The van der Waals surface area contributed by atoms with Gasteiger partial charge in [0.2, 0.25) is 0 Å². The second-order valence-electron chi connectivity index (χ2n) is 5.67. The minimum atomic E-state index is -0.653. The maximum atomic E-state index is 12.4. The number of carbonyl (C=O) groups is 1. The van der Waals surface area contributed by atoms with Crippen LogP contribution in [0.15, 0.2) is 65.3 Å². The van der Waals surface area contributed by atoms with Gasteiger partial charge in [0.1, 0.15) is 11.6 Å². The van der Waals surface area contributed by atoms with Crippen LogP contribution in [-0.4, -0.2) is 21.8 Å². The Morgan fingerprint density at radius 3 is 2.69 bits per heavy atom. The quantitative estimate of drug-likeness (QED) is 0.609. The minimum Gasteiger partial charge on any atom is -0.481 e. The highest BCUT2D eigenvalue weighted by Crippen LogP contribution is 2.19. The van der Waals surface area contributed by atoms with Crippen molar-refractivity contribution in [3.8, 4) is 5.75 Å². The van der Waals surface area contributed by atoms with Crippen LogP contribution in [0.5, 0.6) is 5.75 Å². The van der Waals surface area contributed by atoms with Crippen molar-refractivity contribution in [2.24, 2.45) is 0 Å². The van der Waals surface area contributed by atoms with Crippen molar-refractivity contribution < 1.29 is 9.53 Å². The molecule has 0 fully saturated rings. The summed E-state index contributed by atoms with van der Waals surface area (Å²) in [6, 6.07) is 16.6. The van der Waals surface area contributed by atoms with Gasteiger partial charge in [-0.2, -0.15) is 5.10 Å². The number of rotatable bonds is 6. The van der Waals surface area contributed by atoms with E-state index < -0.39 is 6.10 Å². The number of ether oxygens (including phenoxy) is 1. The Hall–Kier alpha value is -2.31. The van der Waals surface area contributed by atoms with Gasteiger partial charge >= 0.3 is 0 Å². The standard InChI is InChI=1S/C19H17BrClN3O2/c1-13(26-16-8-6-15(20)7-9-16)19(25)23-18-10-11-22-24(18)12-14-4-2-3-5-17(14)21/h2-11,13H,12H2,1H3,(H,23,25). The van der Waals surface area contributed by atoms with E-state index in [1.807, 2.05) is 36.4 Å². The van der Waals surface area contributed by atoms with E-state index in [-0.39, 0.29) is 5.91 Å². The van der Waals surface area contributed by atoms with E-state index in [4.69, 9.17) is 16.3 Å². The van der Waals surface area contributed by atoms with Gasteiger partial charge in [-0.05, 0) is 42.8 Å². The molecule has 0 spiro atoms. The number of nitrogens with zero attached hydrogens (tertiary/aromatic N) is 2. The fourth-order valence-corrected chi connectivity index (χ4v) is 2.81. The Morgan fingerprint density at radius 1 is 1.23 bits per heavy atom. The highest BCUT2D eigenvalue weighted by molar-refractivity contribution is 9.10. The van der Waals surface area contributed by atoms with Crippen LogP contribution in [0.25, 0.3) is 0 Å². The molecule has 1 amide bonds. The van der Waals surface area contributed by atoms with Gasteiger partial charge in [-0.15, -0.1) is 0 Å². The summed E-state index contributed by atoms with van der Waals surface area (Å²) >= 11 is 9.57. The van der Waals surface area contributed by atoms with Gasteiger partial charge in [0.15, 0.2) is 6.10 Å². The third kappa shape index (κ3) is 4.65. The summed E-state index contributed by atoms with van der Waals surface area (Å²) in [4.78, 5) is 12.4. The van der Waals surface area contributed by atoms with Crippen molar-refractivity contribution in [2.75, 3.05) is 5.32 Å². The summed E-state index contributed by atoms with van der Waals surface area (Å²) < 4.78 is 8.31. The summed E-state index contributed by atoms with van der Waals surface area (Å²) in [6.45, 7) is 2.16. The third-order valence-electron chi connectivity index (χ3n) is 3.74. The number of aromatic nitrogens is 2. The SMILES string of the molecule is CC(Oc1ccc(Br)cc1)C(=O)Nc1ccnn1Cc1ccccc1Cl. The van der Waals surface area contributed by atoms with E-state index in [1.165, 1.54) is 0 Å². The molecular weight excluding hydrogens is 418 g/mol. The average Bonchev–Trinajstić information content (AvgIpc) is 3.05. The molecule has 1 unspecified atom stereocenters. The molecule has 1 heterocycles. The lowest BCUT2D eigenvalue weighted by atomic mass is 10.2. The first-order valence-corrected chi connectivity index (χ1v) is 9.18. The molecule has 0 saturated heterocycles. The predicted molar refractivity (Wildman–Crippen MR) is 106 cm³/mol. The van der Waals surface area contributed by atoms with E-state index >= 15 is 0 Å². The van der Waals surface area contributed by atoms with E-state index in [9.17, 15) is 4.79 Å². The number of amides is 1. The van der Waals surface area contributed by atoms with E-state index in [2.05, 4.69) is 26.3 Å². The smallest absolute Gasteiger partial charge is 0.266 e. The lowest BCUT2D eigenvalue weighted by molar-refractivity contribution is -0.122. The van der Waals surface area contributed by atoms with Gasteiger partial charge in [0.05, 0.1) is 12.7 Å². The van der Waals surface area contributed by atoms with E-state index in [1.54, 1.807) is 36.0 Å². The molecule has 26 heavy (non-hydrogen) atoms. The maximum absolute atomic E-state index is 12.4. The monoisotopic (exact) mass is 433 g/mol. The molecule has 1 atom stereocenters. The lowest BCUT2D eigenvalue weighted by Gasteiger charge is -2.15. The topological polar surface area (TPSA) is 56.1 Å². The highest BCUT2D eigenvalue weighted by atomic mass is 79.9. The van der Waals surface area contributed by atoms with Crippen LogP contribution in [0.3, 0.4) is 0 Å². The fourth-order valence-electron chi connectivity index (χ4n) is 2.35. The summed E-state index contributed by atoms with van der Waals surface area (Å²) in [6.07, 6.45) is 0.979. The molecule has 0 radical (unpaired) electrons. The van der Waals surface area contributed by atoms with Crippen LogP contribution in [0.4, 0.5) is 5.82 Å². The van der Waals surface area contributed by atoms with Crippen molar-refractivity contribution in [2.45, 2.75) is 19.6 Å². The molecule has 3 aromatic rings. The number of hydrogen-bond acceptors (Lipinski definition) is 3. The number of nitrogens with one attached hydrogen (secondary N) is 1. The highest BCUT2D eigenvalue weighted by Gasteiger charge is 2.17. The Balaban J connectivity index is 1.65. The molecular formula is C19H17BrClN3O2. The van der Waals surface area contributed by atoms with E-state index in [0.29, 0.717) is 23.1 Å². The van der Waals surface area contributed by atoms with Gasteiger partial charge < -0.3 is 10.1 Å². The largest absolute Gasteiger partial charge is 0.481 e. The summed E-state index contributed by atoms with van der Waals surface area (Å²) in [7, 11) is 0. The van der Waals surface area contributed by atoms with Crippen LogP contribution in [0, 0.1) is 0 Å². The van der Waals surface area contributed by atoms with Gasteiger partial charge in [-0.25, -0.2) is 4.68 Å². The molecule has 1 N–H and O–H groups in total. The molecule has 1 aromatic heterocycles. The van der Waals surface area contributed by atoms with Crippen LogP contribution in [0.2, 0.25) is 5.02 Å². The molecule has 2 aromatic carbocycles. The zero-order chi connectivity index (χ0) is 18.5. The van der Waals surface area contributed by atoms with Gasteiger partial charge in [0, 0.05) is 15.6 Å². The Labute approximate surface area is 165 Å². The molecule has 0 bridgehead atoms. The van der Waals surface area contributed by atoms with Crippen molar-refractivity contribution in [3.63, 3.8) is 0 Å². The second-order valence-corrected chi connectivity index (χ2v) is 6.99. The first-order chi connectivity index (χ1) is 12.5. The first-order valence-electron chi connectivity index (χ1n) is 8.01. The van der Waals surface area contributed by atoms with Crippen LogP contribution in [-0.2, 0) is 11.3 Å². The van der Waals surface area contributed by atoms with Crippen molar-refractivity contribution in [1.29, 1.82) is 0 Å². The Morgan fingerprint density at radius 2 is 1.96 bits per heavy atom. The molecule has 0 aliphatic carbocycles. The normalized spacial score (nSPS) is 11.8. The molecule has 5 nitrogen and oxygen atoms in total. The van der Waals surface area contributed by atoms with Crippen molar-refractivity contribution in [1.82, 2.24) is 9.78 Å². The third-order valence-corrected chi connectivity index (χ3v) is 4.64. The second kappa shape index (κ2) is 8.38. The fraction of sp³-hybridized carbons (Fsp3) is 0.158. The molecule has 0 aliphatic rings. The number of halogens is 2. The number of anilines is 1. The number of benzene rings is 2. The minimum absolute atomic E-state index is 0.256. The molecule has 0 saturated carbocycles. The van der Waals surface area contributed by atoms with Gasteiger partial charge in [-0.3, -0.25) is 4.79 Å². The molecule has 3 rings (SSSR count).